The van der Waals surface area contributed by atoms with Gasteiger partial charge in [0.25, 0.3) is 0 Å². The van der Waals surface area contributed by atoms with Gasteiger partial charge < -0.3 is 15.3 Å². The molecular formula is C14H30N2O. The summed E-state index contributed by atoms with van der Waals surface area (Å²) >= 11 is 0. The van der Waals surface area contributed by atoms with Gasteiger partial charge in [-0.1, -0.05) is 20.3 Å². The number of likely N-dealkylation sites (tertiary alicyclic amines) is 1. The average Bonchev–Trinajstić information content (AvgIpc) is 2.37. The number of nitrogens with one attached hydrogen (secondary N) is 1. The van der Waals surface area contributed by atoms with Crippen molar-refractivity contribution in [3.63, 3.8) is 0 Å². The first-order valence-corrected chi connectivity index (χ1v) is 7.21. The highest BCUT2D eigenvalue weighted by molar-refractivity contribution is 4.84. The maximum absolute atomic E-state index is 9.46. The van der Waals surface area contributed by atoms with Crippen LogP contribution in [-0.4, -0.2) is 48.3 Å². The number of aliphatic hydroxyl groups is 1. The SMILES string of the molecule is CCNC(C)(CO)CCN1CCCC(CC)C1. The van der Waals surface area contributed by atoms with E-state index >= 15 is 0 Å². The van der Waals surface area contributed by atoms with E-state index in [2.05, 4.69) is 31.0 Å². The van der Waals surface area contributed by atoms with E-state index in [0.29, 0.717) is 0 Å². The van der Waals surface area contributed by atoms with Crippen LogP contribution in [0.1, 0.15) is 46.5 Å². The first kappa shape index (κ1) is 14.9. The molecule has 0 radical (unpaired) electrons. The third-order valence-corrected chi connectivity index (χ3v) is 4.11. The Bertz CT molecular complexity index is 210. The van der Waals surface area contributed by atoms with E-state index in [4.69, 9.17) is 0 Å². The van der Waals surface area contributed by atoms with Crippen LogP contribution in [0.4, 0.5) is 0 Å². The van der Waals surface area contributed by atoms with Crippen LogP contribution in [-0.2, 0) is 0 Å². The van der Waals surface area contributed by atoms with Crippen molar-refractivity contribution < 1.29 is 5.11 Å². The molecule has 2 unspecified atom stereocenters. The summed E-state index contributed by atoms with van der Waals surface area (Å²) in [4.78, 5) is 2.57. The smallest absolute Gasteiger partial charge is 0.0611 e. The van der Waals surface area contributed by atoms with E-state index in [9.17, 15) is 5.11 Å². The summed E-state index contributed by atoms with van der Waals surface area (Å²) in [6.07, 6.45) is 5.09. The zero-order valence-corrected chi connectivity index (χ0v) is 11.8. The molecule has 1 rings (SSSR count). The molecule has 2 atom stereocenters. The molecule has 1 aliphatic rings. The number of piperidine rings is 1. The number of likely N-dealkylation sites (N-methyl/N-ethyl adjacent to an activating group) is 1. The van der Waals surface area contributed by atoms with E-state index < -0.39 is 0 Å². The predicted octanol–water partition coefficient (Wildman–Crippen LogP) is 1.86. The largest absolute Gasteiger partial charge is 0.394 e. The first-order chi connectivity index (χ1) is 8.13. The molecule has 0 aromatic carbocycles. The van der Waals surface area contributed by atoms with Crippen molar-refractivity contribution in [1.29, 1.82) is 0 Å². The lowest BCUT2D eigenvalue weighted by Crippen LogP contribution is -2.48. The quantitative estimate of drug-likeness (QED) is 0.715. The molecule has 2 N–H and O–H groups in total. The second-order valence-corrected chi connectivity index (χ2v) is 5.72. The fourth-order valence-electron chi connectivity index (χ4n) is 2.74. The molecule has 102 valence electrons. The summed E-state index contributed by atoms with van der Waals surface area (Å²) in [5, 5.41) is 12.9. The highest BCUT2D eigenvalue weighted by Gasteiger charge is 2.24. The van der Waals surface area contributed by atoms with Crippen LogP contribution in [0.25, 0.3) is 0 Å². The Balaban J connectivity index is 2.33. The second-order valence-electron chi connectivity index (χ2n) is 5.72. The zero-order valence-electron chi connectivity index (χ0n) is 11.8. The Labute approximate surface area is 107 Å². The van der Waals surface area contributed by atoms with Crippen LogP contribution in [0.15, 0.2) is 0 Å². The van der Waals surface area contributed by atoms with Crippen molar-refractivity contribution in [2.75, 3.05) is 32.8 Å². The average molecular weight is 242 g/mol. The fraction of sp³-hybridized carbons (Fsp3) is 1.00. The Morgan fingerprint density at radius 2 is 2.18 bits per heavy atom. The van der Waals surface area contributed by atoms with Gasteiger partial charge in [-0.2, -0.15) is 0 Å². The van der Waals surface area contributed by atoms with Gasteiger partial charge >= 0.3 is 0 Å². The molecule has 3 heteroatoms. The normalized spacial score (nSPS) is 25.8. The Morgan fingerprint density at radius 1 is 1.41 bits per heavy atom. The van der Waals surface area contributed by atoms with Gasteiger partial charge in [-0.25, -0.2) is 0 Å². The van der Waals surface area contributed by atoms with Gasteiger partial charge in [0.15, 0.2) is 0 Å². The molecule has 0 saturated carbocycles. The van der Waals surface area contributed by atoms with Crippen LogP contribution in [0.2, 0.25) is 0 Å². The second kappa shape index (κ2) is 7.34. The third kappa shape index (κ3) is 4.94. The molecule has 17 heavy (non-hydrogen) atoms. The molecular weight excluding hydrogens is 212 g/mol. The van der Waals surface area contributed by atoms with E-state index in [1.165, 1.54) is 32.4 Å². The lowest BCUT2D eigenvalue weighted by molar-refractivity contribution is 0.123. The molecule has 1 fully saturated rings. The lowest BCUT2D eigenvalue weighted by Gasteiger charge is -2.36. The minimum absolute atomic E-state index is 0.103. The number of rotatable bonds is 7. The van der Waals surface area contributed by atoms with Gasteiger partial charge in [-0.15, -0.1) is 0 Å². The lowest BCUT2D eigenvalue weighted by atomic mass is 9.93. The van der Waals surface area contributed by atoms with Crippen LogP contribution >= 0.6 is 0 Å². The zero-order chi connectivity index (χ0) is 12.7. The Morgan fingerprint density at radius 3 is 2.76 bits per heavy atom. The Kier molecular flexibility index (Phi) is 6.45. The first-order valence-electron chi connectivity index (χ1n) is 7.21. The van der Waals surface area contributed by atoms with Crippen LogP contribution < -0.4 is 5.32 Å². The van der Waals surface area contributed by atoms with Crippen LogP contribution in [0.5, 0.6) is 0 Å². The van der Waals surface area contributed by atoms with Gasteiger partial charge in [0.1, 0.15) is 0 Å². The predicted molar refractivity (Wildman–Crippen MR) is 73.2 cm³/mol. The molecule has 0 aromatic rings. The highest BCUT2D eigenvalue weighted by Crippen LogP contribution is 2.20. The van der Waals surface area contributed by atoms with Crippen molar-refractivity contribution in [2.24, 2.45) is 5.92 Å². The van der Waals surface area contributed by atoms with Crippen molar-refractivity contribution in [3.8, 4) is 0 Å². The summed E-state index contributed by atoms with van der Waals surface area (Å²) in [5.41, 5.74) is -0.103. The number of hydrogen-bond acceptors (Lipinski definition) is 3. The molecule has 3 nitrogen and oxygen atoms in total. The minimum atomic E-state index is -0.103. The topological polar surface area (TPSA) is 35.5 Å². The third-order valence-electron chi connectivity index (χ3n) is 4.11. The van der Waals surface area contributed by atoms with Crippen molar-refractivity contribution in [3.05, 3.63) is 0 Å². The minimum Gasteiger partial charge on any atom is -0.394 e. The van der Waals surface area contributed by atoms with E-state index in [1.54, 1.807) is 0 Å². The van der Waals surface area contributed by atoms with E-state index in [-0.39, 0.29) is 12.1 Å². The molecule has 1 saturated heterocycles. The monoisotopic (exact) mass is 242 g/mol. The summed E-state index contributed by atoms with van der Waals surface area (Å²) in [6.45, 7) is 11.3. The highest BCUT2D eigenvalue weighted by atomic mass is 16.3. The standard InChI is InChI=1S/C14H30N2O/c1-4-13-7-6-9-16(11-13)10-8-14(3,12-17)15-5-2/h13,15,17H,4-12H2,1-3H3. The van der Waals surface area contributed by atoms with Gasteiger partial charge in [0.05, 0.1) is 6.61 Å². The summed E-state index contributed by atoms with van der Waals surface area (Å²) in [6, 6.07) is 0. The summed E-state index contributed by atoms with van der Waals surface area (Å²) in [5.74, 6) is 0.892. The maximum Gasteiger partial charge on any atom is 0.0611 e. The molecule has 1 aliphatic heterocycles. The maximum atomic E-state index is 9.46. The van der Waals surface area contributed by atoms with Gasteiger partial charge in [0, 0.05) is 12.1 Å². The van der Waals surface area contributed by atoms with E-state index in [1.807, 2.05) is 0 Å². The van der Waals surface area contributed by atoms with Crippen molar-refractivity contribution in [2.45, 2.75) is 52.0 Å². The number of hydrogen-bond donors (Lipinski definition) is 2. The molecule has 1 heterocycles. The summed E-state index contributed by atoms with van der Waals surface area (Å²) in [7, 11) is 0. The molecule has 0 aromatic heterocycles. The fourth-order valence-corrected chi connectivity index (χ4v) is 2.74. The van der Waals surface area contributed by atoms with Gasteiger partial charge in [-0.05, 0) is 51.7 Å². The Hall–Kier alpha value is -0.120. The molecule has 0 amide bonds. The summed E-state index contributed by atoms with van der Waals surface area (Å²) < 4.78 is 0. The van der Waals surface area contributed by atoms with Crippen molar-refractivity contribution >= 4 is 0 Å². The number of aliphatic hydroxyl groups excluding tert-OH is 1. The van der Waals surface area contributed by atoms with Gasteiger partial charge in [-0.3, -0.25) is 0 Å². The molecule has 0 spiro atoms. The van der Waals surface area contributed by atoms with Crippen LogP contribution in [0, 0.1) is 5.92 Å². The van der Waals surface area contributed by atoms with E-state index in [0.717, 1.165) is 25.4 Å². The van der Waals surface area contributed by atoms with Crippen LogP contribution in [0.3, 0.4) is 0 Å². The van der Waals surface area contributed by atoms with Gasteiger partial charge in [0.2, 0.25) is 0 Å². The number of nitrogens with zero attached hydrogens (tertiary/aromatic N) is 1. The molecule has 0 bridgehead atoms. The molecule has 0 aliphatic carbocycles. The van der Waals surface area contributed by atoms with Crippen molar-refractivity contribution in [1.82, 2.24) is 10.2 Å².